The van der Waals surface area contributed by atoms with Crippen LogP contribution in [0, 0.1) is 5.92 Å². The summed E-state index contributed by atoms with van der Waals surface area (Å²) < 4.78 is 1.56. The van der Waals surface area contributed by atoms with Gasteiger partial charge in [-0.15, -0.1) is 0 Å². The Hall–Kier alpha value is -1.85. The predicted octanol–water partition coefficient (Wildman–Crippen LogP) is 0.651. The molecule has 1 heterocycles. The van der Waals surface area contributed by atoms with E-state index < -0.39 is 5.97 Å². The second-order valence-corrected chi connectivity index (χ2v) is 4.01. The van der Waals surface area contributed by atoms with E-state index in [1.54, 1.807) is 30.9 Å². The minimum Gasteiger partial charge on any atom is -0.481 e. The van der Waals surface area contributed by atoms with Crippen LogP contribution >= 0.6 is 0 Å². The van der Waals surface area contributed by atoms with Crippen molar-refractivity contribution in [1.29, 1.82) is 0 Å². The lowest BCUT2D eigenvalue weighted by Gasteiger charge is -2.06. The molecule has 1 unspecified atom stereocenters. The second kappa shape index (κ2) is 6.03. The largest absolute Gasteiger partial charge is 0.481 e. The Morgan fingerprint density at radius 2 is 2.29 bits per heavy atom. The summed E-state index contributed by atoms with van der Waals surface area (Å²) in [4.78, 5) is 22.1. The molecule has 0 aliphatic rings. The zero-order valence-electron chi connectivity index (χ0n) is 10.0. The Bertz CT molecular complexity index is 400. The monoisotopic (exact) mass is 239 g/mol. The highest BCUT2D eigenvalue weighted by Gasteiger charge is 2.11. The van der Waals surface area contributed by atoms with Crippen LogP contribution in [0.25, 0.3) is 0 Å². The summed E-state index contributed by atoms with van der Waals surface area (Å²) in [7, 11) is 1.74. The number of hydrogen-bond donors (Lipinski definition) is 2. The molecule has 94 valence electrons. The Kier molecular flexibility index (Phi) is 4.68. The number of rotatable bonds is 6. The van der Waals surface area contributed by atoms with Crippen molar-refractivity contribution in [3.63, 3.8) is 0 Å². The van der Waals surface area contributed by atoms with Gasteiger partial charge in [-0.2, -0.15) is 5.10 Å². The molecule has 0 spiro atoms. The van der Waals surface area contributed by atoms with Gasteiger partial charge in [0.05, 0.1) is 5.92 Å². The molecule has 17 heavy (non-hydrogen) atoms. The molecule has 6 nitrogen and oxygen atoms in total. The first-order valence-corrected chi connectivity index (χ1v) is 5.51. The minimum atomic E-state index is -0.805. The van der Waals surface area contributed by atoms with Crippen LogP contribution in [0.1, 0.15) is 30.3 Å². The summed E-state index contributed by atoms with van der Waals surface area (Å²) >= 11 is 0. The summed E-state index contributed by atoms with van der Waals surface area (Å²) in [6.07, 6.45) is 2.89. The third-order valence-corrected chi connectivity index (χ3v) is 2.47. The molecule has 1 aromatic rings. The first-order chi connectivity index (χ1) is 8.00. The zero-order chi connectivity index (χ0) is 12.8. The Balaban J connectivity index is 2.23. The van der Waals surface area contributed by atoms with Crippen molar-refractivity contribution in [3.05, 3.63) is 18.0 Å². The molecule has 0 aliphatic heterocycles. The van der Waals surface area contributed by atoms with E-state index in [4.69, 9.17) is 5.11 Å². The molecule has 2 N–H and O–H groups in total. The number of carbonyl (C=O) groups excluding carboxylic acids is 1. The maximum absolute atomic E-state index is 11.5. The van der Waals surface area contributed by atoms with Gasteiger partial charge in [-0.05, 0) is 18.9 Å². The first-order valence-electron chi connectivity index (χ1n) is 5.51. The van der Waals surface area contributed by atoms with Gasteiger partial charge in [0, 0.05) is 19.8 Å². The molecular formula is C11H17N3O3. The fraction of sp³-hybridized carbons (Fsp3) is 0.545. The quantitative estimate of drug-likeness (QED) is 0.714. The predicted molar refractivity (Wildman–Crippen MR) is 61.6 cm³/mol. The number of hydrogen-bond acceptors (Lipinski definition) is 3. The fourth-order valence-corrected chi connectivity index (χ4v) is 1.36. The van der Waals surface area contributed by atoms with Crippen LogP contribution in [0.5, 0.6) is 0 Å². The number of nitrogens with one attached hydrogen (secondary N) is 1. The highest BCUT2D eigenvalue weighted by atomic mass is 16.4. The highest BCUT2D eigenvalue weighted by molar-refractivity contribution is 5.92. The van der Waals surface area contributed by atoms with Crippen LogP contribution in [0.4, 0.5) is 0 Å². The summed E-state index contributed by atoms with van der Waals surface area (Å²) in [5, 5.41) is 15.3. The molecule has 1 atom stereocenters. The number of carboxylic acids is 1. The van der Waals surface area contributed by atoms with Gasteiger partial charge in [-0.1, -0.05) is 6.92 Å². The topological polar surface area (TPSA) is 84.2 Å². The summed E-state index contributed by atoms with van der Waals surface area (Å²) in [5.41, 5.74) is 0.374. The number of aliphatic carboxylic acids is 1. The third kappa shape index (κ3) is 4.26. The Labute approximate surface area is 99.6 Å². The lowest BCUT2D eigenvalue weighted by atomic mass is 10.1. The van der Waals surface area contributed by atoms with E-state index in [1.807, 2.05) is 0 Å². The van der Waals surface area contributed by atoms with E-state index in [2.05, 4.69) is 10.4 Å². The Morgan fingerprint density at radius 1 is 1.59 bits per heavy atom. The van der Waals surface area contributed by atoms with Gasteiger partial charge in [-0.25, -0.2) is 0 Å². The van der Waals surface area contributed by atoms with E-state index in [0.29, 0.717) is 25.1 Å². The van der Waals surface area contributed by atoms with Gasteiger partial charge in [-0.3, -0.25) is 14.3 Å². The van der Waals surface area contributed by atoms with Crippen molar-refractivity contribution in [1.82, 2.24) is 15.1 Å². The molecule has 6 heteroatoms. The smallest absolute Gasteiger partial charge is 0.306 e. The maximum Gasteiger partial charge on any atom is 0.306 e. The molecule has 0 saturated heterocycles. The molecule has 0 fully saturated rings. The minimum absolute atomic E-state index is 0.228. The van der Waals surface area contributed by atoms with E-state index in [0.717, 1.165) is 0 Å². The van der Waals surface area contributed by atoms with Crippen molar-refractivity contribution in [2.75, 3.05) is 6.54 Å². The van der Waals surface area contributed by atoms with Crippen molar-refractivity contribution < 1.29 is 14.7 Å². The Morgan fingerprint density at radius 3 is 2.82 bits per heavy atom. The summed E-state index contributed by atoms with van der Waals surface area (Å²) in [6, 6.07) is 1.63. The van der Waals surface area contributed by atoms with Crippen LogP contribution in [0.15, 0.2) is 12.3 Å². The van der Waals surface area contributed by atoms with Crippen molar-refractivity contribution in [3.8, 4) is 0 Å². The average molecular weight is 239 g/mol. The number of carboxylic acid groups (broad SMARTS) is 1. The number of nitrogens with zero attached hydrogens (tertiary/aromatic N) is 2. The van der Waals surface area contributed by atoms with Crippen molar-refractivity contribution >= 4 is 11.9 Å². The number of aromatic nitrogens is 2. The van der Waals surface area contributed by atoms with Crippen molar-refractivity contribution in [2.45, 2.75) is 19.8 Å². The van der Waals surface area contributed by atoms with Gasteiger partial charge in [0.1, 0.15) is 5.69 Å². The van der Waals surface area contributed by atoms with Crippen molar-refractivity contribution in [2.24, 2.45) is 13.0 Å². The highest BCUT2D eigenvalue weighted by Crippen LogP contribution is 2.04. The van der Waals surface area contributed by atoms with Crippen LogP contribution in [0.3, 0.4) is 0 Å². The maximum atomic E-state index is 11.5. The molecular weight excluding hydrogens is 222 g/mol. The van der Waals surface area contributed by atoms with E-state index in [-0.39, 0.29) is 11.8 Å². The van der Waals surface area contributed by atoms with Gasteiger partial charge >= 0.3 is 5.97 Å². The normalized spacial score (nSPS) is 12.1. The van der Waals surface area contributed by atoms with Gasteiger partial charge < -0.3 is 10.4 Å². The van der Waals surface area contributed by atoms with Gasteiger partial charge in [0.15, 0.2) is 0 Å². The van der Waals surface area contributed by atoms with Crippen LogP contribution in [-0.4, -0.2) is 33.3 Å². The standard InChI is InChI=1S/C11H17N3O3/c1-8(11(16)17)4-3-6-12-10(15)9-5-7-14(2)13-9/h5,7-8H,3-4,6H2,1-2H3,(H,12,15)(H,16,17). The molecule has 0 bridgehead atoms. The third-order valence-electron chi connectivity index (χ3n) is 2.47. The molecule has 0 aromatic carbocycles. The lowest BCUT2D eigenvalue weighted by Crippen LogP contribution is -2.25. The van der Waals surface area contributed by atoms with Crippen LogP contribution < -0.4 is 5.32 Å². The first kappa shape index (κ1) is 13.2. The molecule has 1 aromatic heterocycles. The average Bonchev–Trinajstić information content (AvgIpc) is 2.70. The second-order valence-electron chi connectivity index (χ2n) is 4.01. The van der Waals surface area contributed by atoms with E-state index in [9.17, 15) is 9.59 Å². The number of carbonyl (C=O) groups is 2. The van der Waals surface area contributed by atoms with Crippen LogP contribution in [-0.2, 0) is 11.8 Å². The molecule has 0 radical (unpaired) electrons. The van der Waals surface area contributed by atoms with Gasteiger partial charge in [0.25, 0.3) is 5.91 Å². The fourth-order valence-electron chi connectivity index (χ4n) is 1.36. The SMILES string of the molecule is CC(CCCNC(=O)c1ccn(C)n1)C(=O)O. The number of aryl methyl sites for hydroxylation is 1. The summed E-state index contributed by atoms with van der Waals surface area (Å²) in [5.74, 6) is -1.41. The summed E-state index contributed by atoms with van der Waals surface area (Å²) in [6.45, 7) is 2.12. The molecule has 1 rings (SSSR count). The van der Waals surface area contributed by atoms with E-state index in [1.165, 1.54) is 0 Å². The molecule has 0 aliphatic carbocycles. The van der Waals surface area contributed by atoms with Crippen LogP contribution in [0.2, 0.25) is 0 Å². The molecule has 1 amide bonds. The number of amides is 1. The lowest BCUT2D eigenvalue weighted by molar-refractivity contribution is -0.141. The van der Waals surface area contributed by atoms with E-state index >= 15 is 0 Å². The zero-order valence-corrected chi connectivity index (χ0v) is 10.0. The molecule has 0 saturated carbocycles. The van der Waals surface area contributed by atoms with Gasteiger partial charge in [0.2, 0.25) is 0 Å².